The van der Waals surface area contributed by atoms with Crippen molar-refractivity contribution in [3.63, 3.8) is 0 Å². The second-order valence-corrected chi connectivity index (χ2v) is 4.95. The van der Waals surface area contributed by atoms with Gasteiger partial charge in [0.25, 0.3) is 0 Å². The molecule has 2 heterocycles. The Hall–Kier alpha value is -2.17. The number of aromatic nitrogens is 3. The molecule has 0 saturated heterocycles. The number of benzene rings is 1. The number of fused-ring (bicyclic) bond motifs is 1. The van der Waals surface area contributed by atoms with Gasteiger partial charge < -0.3 is 5.32 Å². The van der Waals surface area contributed by atoms with Crippen LogP contribution in [0.5, 0.6) is 0 Å². The van der Waals surface area contributed by atoms with E-state index >= 15 is 0 Å². The molecule has 0 unspecified atom stereocenters. The number of anilines is 1. The summed E-state index contributed by atoms with van der Waals surface area (Å²) in [5.74, 6) is 0.854. The standard InChI is InChI=1S/C15H18N4O/c1-2-19-15(17-10-18-19)9-14(20)12-5-3-7-13-11(12)6-4-8-16-13/h3,5,7,10,16H,2,4,6,8-9H2,1H3. The van der Waals surface area contributed by atoms with E-state index in [0.29, 0.717) is 6.42 Å². The first-order valence-electron chi connectivity index (χ1n) is 7.05. The molecule has 20 heavy (non-hydrogen) atoms. The van der Waals surface area contributed by atoms with Gasteiger partial charge in [-0.2, -0.15) is 5.10 Å². The zero-order chi connectivity index (χ0) is 13.9. The molecule has 1 aliphatic rings. The van der Waals surface area contributed by atoms with E-state index in [0.717, 1.165) is 48.6 Å². The Balaban J connectivity index is 1.88. The fourth-order valence-electron chi connectivity index (χ4n) is 2.70. The third-order valence-electron chi connectivity index (χ3n) is 3.71. The van der Waals surface area contributed by atoms with E-state index in [1.807, 2.05) is 25.1 Å². The lowest BCUT2D eigenvalue weighted by Crippen LogP contribution is -2.17. The maximum atomic E-state index is 12.5. The van der Waals surface area contributed by atoms with Crippen LogP contribution in [0.1, 0.15) is 35.1 Å². The minimum Gasteiger partial charge on any atom is -0.385 e. The van der Waals surface area contributed by atoms with Crippen molar-refractivity contribution in [2.75, 3.05) is 11.9 Å². The number of rotatable bonds is 4. The van der Waals surface area contributed by atoms with E-state index in [9.17, 15) is 4.79 Å². The topological polar surface area (TPSA) is 59.8 Å². The van der Waals surface area contributed by atoms with Crippen molar-refractivity contribution in [1.29, 1.82) is 0 Å². The predicted molar refractivity (Wildman–Crippen MR) is 77.0 cm³/mol. The fourth-order valence-corrected chi connectivity index (χ4v) is 2.70. The second kappa shape index (κ2) is 5.45. The first-order chi connectivity index (χ1) is 9.79. The molecule has 0 atom stereocenters. The molecule has 0 spiro atoms. The maximum Gasteiger partial charge on any atom is 0.170 e. The van der Waals surface area contributed by atoms with Gasteiger partial charge in [-0.3, -0.25) is 4.79 Å². The van der Waals surface area contributed by atoms with E-state index in [-0.39, 0.29) is 5.78 Å². The summed E-state index contributed by atoms with van der Waals surface area (Å²) in [6.07, 6.45) is 3.85. The van der Waals surface area contributed by atoms with Gasteiger partial charge in [-0.15, -0.1) is 0 Å². The van der Waals surface area contributed by atoms with Crippen LogP contribution >= 0.6 is 0 Å². The highest BCUT2D eigenvalue weighted by Gasteiger charge is 2.19. The summed E-state index contributed by atoms with van der Waals surface area (Å²) in [6.45, 7) is 3.71. The highest BCUT2D eigenvalue weighted by molar-refractivity contribution is 5.99. The number of aryl methyl sites for hydroxylation is 1. The molecule has 0 fully saturated rings. The van der Waals surface area contributed by atoms with Gasteiger partial charge in [0.15, 0.2) is 5.78 Å². The van der Waals surface area contributed by atoms with Crippen LogP contribution in [0.25, 0.3) is 0 Å². The number of ketones is 1. The van der Waals surface area contributed by atoms with E-state index in [1.54, 1.807) is 4.68 Å². The molecule has 104 valence electrons. The number of carbonyl (C=O) groups is 1. The largest absolute Gasteiger partial charge is 0.385 e. The fraction of sp³-hybridized carbons (Fsp3) is 0.400. The molecule has 3 rings (SSSR count). The van der Waals surface area contributed by atoms with Crippen molar-refractivity contribution in [3.8, 4) is 0 Å². The molecule has 0 amide bonds. The number of nitrogens with zero attached hydrogens (tertiary/aromatic N) is 3. The first-order valence-corrected chi connectivity index (χ1v) is 7.05. The Morgan fingerprint density at radius 2 is 2.35 bits per heavy atom. The molecular weight excluding hydrogens is 252 g/mol. The average Bonchev–Trinajstić information content (AvgIpc) is 2.93. The monoisotopic (exact) mass is 270 g/mol. The molecular formula is C15H18N4O. The van der Waals surface area contributed by atoms with Gasteiger partial charge in [0.2, 0.25) is 0 Å². The Bertz CT molecular complexity index is 633. The lowest BCUT2D eigenvalue weighted by Gasteiger charge is -2.20. The van der Waals surface area contributed by atoms with Crippen molar-refractivity contribution in [1.82, 2.24) is 14.8 Å². The lowest BCUT2D eigenvalue weighted by molar-refractivity contribution is 0.0988. The van der Waals surface area contributed by atoms with Crippen molar-refractivity contribution in [3.05, 3.63) is 41.5 Å². The minimum atomic E-state index is 0.119. The van der Waals surface area contributed by atoms with Gasteiger partial charge in [0.1, 0.15) is 12.2 Å². The second-order valence-electron chi connectivity index (χ2n) is 4.95. The van der Waals surface area contributed by atoms with Crippen molar-refractivity contribution < 1.29 is 4.79 Å². The molecule has 2 aromatic rings. The van der Waals surface area contributed by atoms with E-state index in [2.05, 4.69) is 15.4 Å². The quantitative estimate of drug-likeness (QED) is 0.864. The van der Waals surface area contributed by atoms with Gasteiger partial charge in [-0.1, -0.05) is 12.1 Å². The van der Waals surface area contributed by atoms with Crippen LogP contribution in [0.3, 0.4) is 0 Å². The molecule has 1 N–H and O–H groups in total. The smallest absolute Gasteiger partial charge is 0.170 e. The first kappa shape index (κ1) is 12.8. The maximum absolute atomic E-state index is 12.5. The van der Waals surface area contributed by atoms with Crippen LogP contribution in [0.4, 0.5) is 5.69 Å². The Kier molecular flexibility index (Phi) is 3.50. The zero-order valence-electron chi connectivity index (χ0n) is 11.6. The van der Waals surface area contributed by atoms with Gasteiger partial charge in [0, 0.05) is 24.3 Å². The Labute approximate surface area is 118 Å². The van der Waals surface area contributed by atoms with Gasteiger partial charge in [-0.05, 0) is 31.4 Å². The summed E-state index contributed by atoms with van der Waals surface area (Å²) in [7, 11) is 0. The summed E-state index contributed by atoms with van der Waals surface area (Å²) in [5, 5.41) is 7.46. The number of nitrogens with one attached hydrogen (secondary N) is 1. The number of Topliss-reactive ketones (excluding diaryl/α,β-unsaturated/α-hetero) is 1. The number of hydrogen-bond donors (Lipinski definition) is 1. The minimum absolute atomic E-state index is 0.119. The van der Waals surface area contributed by atoms with Crippen molar-refractivity contribution >= 4 is 11.5 Å². The highest BCUT2D eigenvalue weighted by atomic mass is 16.1. The molecule has 5 heteroatoms. The Morgan fingerprint density at radius 1 is 1.45 bits per heavy atom. The van der Waals surface area contributed by atoms with E-state index in [1.165, 1.54) is 6.33 Å². The van der Waals surface area contributed by atoms with E-state index < -0.39 is 0 Å². The summed E-state index contributed by atoms with van der Waals surface area (Å²) in [6, 6.07) is 5.90. The summed E-state index contributed by atoms with van der Waals surface area (Å²) in [5.41, 5.74) is 3.06. The summed E-state index contributed by atoms with van der Waals surface area (Å²) >= 11 is 0. The zero-order valence-corrected chi connectivity index (χ0v) is 11.6. The molecule has 0 bridgehead atoms. The molecule has 0 radical (unpaired) electrons. The van der Waals surface area contributed by atoms with Gasteiger partial charge >= 0.3 is 0 Å². The molecule has 1 aromatic carbocycles. The lowest BCUT2D eigenvalue weighted by atomic mass is 9.94. The summed E-state index contributed by atoms with van der Waals surface area (Å²) in [4.78, 5) is 16.7. The third-order valence-corrected chi connectivity index (χ3v) is 3.71. The number of carbonyl (C=O) groups excluding carboxylic acids is 1. The van der Waals surface area contributed by atoms with Crippen LogP contribution < -0.4 is 5.32 Å². The van der Waals surface area contributed by atoms with Crippen LogP contribution in [0.2, 0.25) is 0 Å². The van der Waals surface area contributed by atoms with Gasteiger partial charge in [-0.25, -0.2) is 9.67 Å². The van der Waals surface area contributed by atoms with Crippen LogP contribution in [-0.2, 0) is 19.4 Å². The molecule has 1 aromatic heterocycles. The highest BCUT2D eigenvalue weighted by Crippen LogP contribution is 2.26. The van der Waals surface area contributed by atoms with Crippen molar-refractivity contribution in [2.24, 2.45) is 0 Å². The molecule has 1 aliphatic heterocycles. The molecule has 0 aliphatic carbocycles. The van der Waals surface area contributed by atoms with Crippen LogP contribution in [0, 0.1) is 0 Å². The van der Waals surface area contributed by atoms with Gasteiger partial charge in [0.05, 0.1) is 6.42 Å². The summed E-state index contributed by atoms with van der Waals surface area (Å²) < 4.78 is 1.77. The average molecular weight is 270 g/mol. The normalized spacial score (nSPS) is 13.7. The predicted octanol–water partition coefficient (Wildman–Crippen LogP) is 2.08. The molecule has 0 saturated carbocycles. The SMILES string of the molecule is CCn1ncnc1CC(=O)c1cccc2c1CCCN2. The van der Waals surface area contributed by atoms with Crippen LogP contribution in [-0.4, -0.2) is 27.1 Å². The third kappa shape index (κ3) is 2.31. The number of hydrogen-bond acceptors (Lipinski definition) is 4. The van der Waals surface area contributed by atoms with E-state index in [4.69, 9.17) is 0 Å². The van der Waals surface area contributed by atoms with Crippen LogP contribution in [0.15, 0.2) is 24.5 Å². The van der Waals surface area contributed by atoms with Crippen molar-refractivity contribution in [2.45, 2.75) is 32.7 Å². The molecule has 5 nitrogen and oxygen atoms in total. The Morgan fingerprint density at radius 3 is 3.20 bits per heavy atom.